The van der Waals surface area contributed by atoms with Crippen molar-refractivity contribution in [3.8, 4) is 5.75 Å². The number of carbonyl (C=O) groups is 2. The van der Waals surface area contributed by atoms with Crippen LogP contribution in [0.25, 0.3) is 0 Å². The molecule has 0 heterocycles. The number of hydrogen-bond donors (Lipinski definition) is 3. The van der Waals surface area contributed by atoms with Crippen LogP contribution in [0.2, 0.25) is 0 Å². The van der Waals surface area contributed by atoms with Gasteiger partial charge in [-0.25, -0.2) is 0 Å². The highest BCUT2D eigenvalue weighted by Gasteiger charge is 2.07. The first-order chi connectivity index (χ1) is 14.0. The van der Waals surface area contributed by atoms with E-state index in [9.17, 15) is 9.59 Å². The van der Waals surface area contributed by atoms with Crippen LogP contribution in [0.1, 0.15) is 25.8 Å². The van der Waals surface area contributed by atoms with E-state index in [2.05, 4.69) is 16.0 Å². The molecule has 2 aromatic rings. The molecule has 0 saturated heterocycles. The highest BCUT2D eigenvalue weighted by atomic mass is 16.5. The number of hydrogen-bond acceptors (Lipinski definition) is 5. The highest BCUT2D eigenvalue weighted by molar-refractivity contribution is 5.96. The van der Waals surface area contributed by atoms with Crippen molar-refractivity contribution in [1.29, 1.82) is 0 Å². The van der Waals surface area contributed by atoms with Crippen LogP contribution >= 0.6 is 0 Å². The van der Waals surface area contributed by atoms with Gasteiger partial charge >= 0.3 is 0 Å². The fraction of sp³-hybridized carbons (Fsp3) is 0.364. The first kappa shape index (κ1) is 22.2. The van der Waals surface area contributed by atoms with E-state index in [1.54, 1.807) is 13.0 Å². The third-order valence-corrected chi connectivity index (χ3v) is 4.10. The maximum Gasteiger partial charge on any atom is 0.243 e. The van der Waals surface area contributed by atoms with Crippen LogP contribution in [0.4, 0.5) is 17.1 Å². The minimum absolute atomic E-state index is 0.0680. The molecule has 2 rings (SSSR count). The molecule has 0 aliphatic heterocycles. The van der Waals surface area contributed by atoms with E-state index in [-0.39, 0.29) is 18.4 Å². The van der Waals surface area contributed by atoms with Gasteiger partial charge in [-0.3, -0.25) is 9.59 Å². The van der Waals surface area contributed by atoms with Crippen LogP contribution in [-0.4, -0.2) is 38.2 Å². The van der Waals surface area contributed by atoms with Gasteiger partial charge in [0.2, 0.25) is 11.8 Å². The molecule has 0 aliphatic rings. The van der Waals surface area contributed by atoms with Crippen LogP contribution in [0, 0.1) is 6.92 Å². The maximum atomic E-state index is 12.3. The first-order valence-corrected chi connectivity index (χ1v) is 9.76. The number of nitrogens with one attached hydrogen (secondary N) is 3. The zero-order valence-electron chi connectivity index (χ0n) is 17.2. The molecule has 156 valence electrons. The van der Waals surface area contributed by atoms with Crippen LogP contribution < -0.4 is 20.7 Å². The van der Waals surface area contributed by atoms with E-state index >= 15 is 0 Å². The van der Waals surface area contributed by atoms with E-state index in [0.717, 1.165) is 11.3 Å². The lowest BCUT2D eigenvalue weighted by molar-refractivity contribution is -0.116. The van der Waals surface area contributed by atoms with Gasteiger partial charge in [0.15, 0.2) is 0 Å². The molecule has 7 heteroatoms. The minimum Gasteiger partial charge on any atom is -0.491 e. The van der Waals surface area contributed by atoms with E-state index in [1.807, 2.05) is 50.2 Å². The number of carbonyl (C=O) groups excluding carboxylic acids is 2. The summed E-state index contributed by atoms with van der Waals surface area (Å²) in [7, 11) is 0. The Bertz CT molecular complexity index is 823. The molecule has 3 N–H and O–H groups in total. The second-order valence-corrected chi connectivity index (χ2v) is 6.41. The van der Waals surface area contributed by atoms with E-state index in [0.29, 0.717) is 43.4 Å². The van der Waals surface area contributed by atoms with E-state index in [4.69, 9.17) is 9.47 Å². The molecule has 29 heavy (non-hydrogen) atoms. The standard InChI is InChI=1S/C22H29N3O4/c1-4-21(26)25-20-14-18(10-9-16(20)3)24-22(27)15-23-17-7-6-8-19(13-17)29-12-11-28-5-2/h6-10,13-14,23H,4-5,11-12,15H2,1-3H3,(H,24,27)(H,25,26). The van der Waals surface area contributed by atoms with Crippen molar-refractivity contribution in [3.05, 3.63) is 48.0 Å². The quantitative estimate of drug-likeness (QED) is 0.500. The zero-order chi connectivity index (χ0) is 21.1. The lowest BCUT2D eigenvalue weighted by Crippen LogP contribution is -2.22. The Labute approximate surface area is 171 Å². The van der Waals surface area contributed by atoms with Gasteiger partial charge in [0, 0.05) is 36.2 Å². The molecular weight excluding hydrogens is 370 g/mol. The van der Waals surface area contributed by atoms with Gasteiger partial charge in [-0.1, -0.05) is 19.1 Å². The second kappa shape index (κ2) is 11.7. The summed E-state index contributed by atoms with van der Waals surface area (Å²) in [6.45, 7) is 7.41. The summed E-state index contributed by atoms with van der Waals surface area (Å²) in [5, 5.41) is 8.75. The zero-order valence-corrected chi connectivity index (χ0v) is 17.2. The van der Waals surface area contributed by atoms with E-state index in [1.165, 1.54) is 0 Å². The fourth-order valence-electron chi connectivity index (χ4n) is 2.52. The summed E-state index contributed by atoms with van der Waals surface area (Å²) < 4.78 is 10.9. The third kappa shape index (κ3) is 7.83. The number of benzene rings is 2. The molecule has 2 aromatic carbocycles. The highest BCUT2D eigenvalue weighted by Crippen LogP contribution is 2.21. The number of rotatable bonds is 11. The summed E-state index contributed by atoms with van der Waals surface area (Å²) in [6.07, 6.45) is 0.397. The molecule has 0 spiro atoms. The van der Waals surface area contributed by atoms with Crippen molar-refractivity contribution >= 4 is 28.9 Å². The summed E-state index contributed by atoms with van der Waals surface area (Å²) >= 11 is 0. The average molecular weight is 399 g/mol. The molecule has 0 atom stereocenters. The van der Waals surface area contributed by atoms with Crippen molar-refractivity contribution < 1.29 is 19.1 Å². The van der Waals surface area contributed by atoms with Gasteiger partial charge in [0.25, 0.3) is 0 Å². The van der Waals surface area contributed by atoms with Crippen molar-refractivity contribution in [1.82, 2.24) is 0 Å². The lowest BCUT2D eigenvalue weighted by atomic mass is 10.1. The van der Waals surface area contributed by atoms with Gasteiger partial charge in [-0.2, -0.15) is 0 Å². The summed E-state index contributed by atoms with van der Waals surface area (Å²) in [5.41, 5.74) is 3.04. The monoisotopic (exact) mass is 399 g/mol. The first-order valence-electron chi connectivity index (χ1n) is 9.76. The largest absolute Gasteiger partial charge is 0.491 e. The van der Waals surface area contributed by atoms with Crippen LogP contribution in [0.3, 0.4) is 0 Å². The third-order valence-electron chi connectivity index (χ3n) is 4.10. The smallest absolute Gasteiger partial charge is 0.243 e. The molecule has 0 unspecified atom stereocenters. The number of anilines is 3. The molecule has 0 bridgehead atoms. The Morgan fingerprint density at radius 2 is 1.76 bits per heavy atom. The van der Waals surface area contributed by atoms with Gasteiger partial charge in [0.05, 0.1) is 13.2 Å². The van der Waals surface area contributed by atoms with Gasteiger partial charge < -0.3 is 25.4 Å². The molecule has 0 aromatic heterocycles. The molecule has 2 amide bonds. The number of aryl methyl sites for hydroxylation is 1. The Hall–Kier alpha value is -3.06. The summed E-state index contributed by atoms with van der Waals surface area (Å²) in [4.78, 5) is 23.9. The van der Waals surface area contributed by atoms with Gasteiger partial charge in [-0.05, 0) is 43.7 Å². The molecule has 0 aliphatic carbocycles. The summed E-state index contributed by atoms with van der Waals surface area (Å²) in [5.74, 6) is 0.454. The number of ether oxygens (including phenoxy) is 2. The normalized spacial score (nSPS) is 10.3. The van der Waals surface area contributed by atoms with Crippen molar-refractivity contribution in [3.63, 3.8) is 0 Å². The predicted octanol–water partition coefficient (Wildman–Crippen LogP) is 3.81. The number of amides is 2. The van der Waals surface area contributed by atoms with Gasteiger partial charge in [-0.15, -0.1) is 0 Å². The molecule has 0 fully saturated rings. The van der Waals surface area contributed by atoms with Crippen LogP contribution in [0.5, 0.6) is 5.75 Å². The minimum atomic E-state index is -0.190. The van der Waals surface area contributed by atoms with Crippen molar-refractivity contribution in [2.45, 2.75) is 27.2 Å². The predicted molar refractivity (Wildman–Crippen MR) is 116 cm³/mol. The molecule has 7 nitrogen and oxygen atoms in total. The maximum absolute atomic E-state index is 12.3. The Balaban J connectivity index is 1.87. The Morgan fingerprint density at radius 1 is 0.931 bits per heavy atom. The van der Waals surface area contributed by atoms with Crippen LogP contribution in [-0.2, 0) is 14.3 Å². The van der Waals surface area contributed by atoms with Crippen molar-refractivity contribution in [2.24, 2.45) is 0 Å². The Kier molecular flexibility index (Phi) is 8.98. The van der Waals surface area contributed by atoms with Crippen molar-refractivity contribution in [2.75, 3.05) is 42.3 Å². The molecule has 0 radical (unpaired) electrons. The second-order valence-electron chi connectivity index (χ2n) is 6.41. The Morgan fingerprint density at radius 3 is 2.52 bits per heavy atom. The summed E-state index contributed by atoms with van der Waals surface area (Å²) in [6, 6.07) is 12.8. The lowest BCUT2D eigenvalue weighted by Gasteiger charge is -2.12. The molecule has 0 saturated carbocycles. The SMILES string of the molecule is CCOCCOc1cccc(NCC(=O)Nc2ccc(C)c(NC(=O)CC)c2)c1. The van der Waals surface area contributed by atoms with Crippen LogP contribution in [0.15, 0.2) is 42.5 Å². The molecular formula is C22H29N3O4. The fourth-order valence-corrected chi connectivity index (χ4v) is 2.52. The topological polar surface area (TPSA) is 88.7 Å². The van der Waals surface area contributed by atoms with Gasteiger partial charge in [0.1, 0.15) is 12.4 Å². The average Bonchev–Trinajstić information content (AvgIpc) is 2.72. The van der Waals surface area contributed by atoms with E-state index < -0.39 is 0 Å².